The second-order valence-corrected chi connectivity index (χ2v) is 22.6. The summed E-state index contributed by atoms with van der Waals surface area (Å²) < 4.78 is 17.7. The van der Waals surface area contributed by atoms with Crippen molar-refractivity contribution in [3.8, 4) is 5.75 Å². The van der Waals surface area contributed by atoms with Gasteiger partial charge in [0, 0.05) is 63.8 Å². The number of aromatic nitrogens is 1. The van der Waals surface area contributed by atoms with Crippen LogP contribution in [0.5, 0.6) is 5.75 Å². The van der Waals surface area contributed by atoms with Crippen LogP contribution in [0.1, 0.15) is 81.9 Å². The predicted molar refractivity (Wildman–Crippen MR) is 297 cm³/mol. The summed E-state index contributed by atoms with van der Waals surface area (Å²) >= 11 is 0. The van der Waals surface area contributed by atoms with Crippen molar-refractivity contribution in [2.24, 2.45) is 11.5 Å². The van der Waals surface area contributed by atoms with Crippen molar-refractivity contribution in [1.82, 2.24) is 41.4 Å². The maximum Gasteiger partial charge on any atom is 0.305 e. The molecule has 0 bridgehead atoms. The molecule has 0 saturated carbocycles. The lowest BCUT2D eigenvalue weighted by Gasteiger charge is -2.32. The number of aliphatic carboxylic acids is 2. The Morgan fingerprint density at radius 3 is 1.70 bits per heavy atom. The standard InChI is InChI=1S/C55H75N10O14P/c1-7-9-20-44(64(3)54(76)42(63-50(72)38(56)29-47(67)68)27-34-22-24-36(25-23-34)79-80(5,6)78)52(74)59-32-46(66)60-43(28-35-31-58-39-19-15-14-18-37(35)39)55(77)65(4)45(21-10-8-2)53(75)62-41(30-48(69)70)51(73)61-40(49(57)71)26-33-16-12-11-13-17-33/h11-19,22-25,31,38,40-45,58H,7-10,20-21,26-30,32,56H2,1-6H3,(H2,57,71)(H,59,74)(H,60,66)(H,61,73)(H,62,75)(H,63,72)(H,67,68)(H,69,70). The van der Waals surface area contributed by atoms with E-state index in [0.29, 0.717) is 48.1 Å². The van der Waals surface area contributed by atoms with Crippen LogP contribution in [0.4, 0.5) is 0 Å². The van der Waals surface area contributed by atoms with E-state index in [1.165, 1.54) is 39.6 Å². The van der Waals surface area contributed by atoms with Crippen molar-refractivity contribution in [1.29, 1.82) is 0 Å². The number of benzene rings is 3. The number of carboxylic acid groups (broad SMARTS) is 2. The first-order valence-electron chi connectivity index (χ1n) is 26.2. The molecule has 0 radical (unpaired) electrons. The second kappa shape index (κ2) is 30.9. The van der Waals surface area contributed by atoms with Crippen molar-refractivity contribution < 1.29 is 67.2 Å². The average Bonchev–Trinajstić information content (AvgIpc) is 3.86. The van der Waals surface area contributed by atoms with E-state index in [9.17, 15) is 62.7 Å². The molecule has 1 heterocycles. The number of carbonyl (C=O) groups is 10. The summed E-state index contributed by atoms with van der Waals surface area (Å²) in [6, 6.07) is 12.2. The number of nitrogens with one attached hydrogen (secondary N) is 6. The quantitative estimate of drug-likeness (QED) is 0.0305. The molecule has 12 N–H and O–H groups in total. The van der Waals surface area contributed by atoms with E-state index in [2.05, 4.69) is 31.6 Å². The summed E-state index contributed by atoms with van der Waals surface area (Å²) in [5, 5.41) is 32.5. The van der Waals surface area contributed by atoms with E-state index >= 15 is 0 Å². The molecule has 7 unspecified atom stereocenters. The van der Waals surface area contributed by atoms with Crippen LogP contribution in [0.2, 0.25) is 0 Å². The number of H-pyrrole nitrogens is 1. The molecule has 0 fully saturated rings. The Morgan fingerprint density at radius 2 is 1.14 bits per heavy atom. The molecule has 0 aliphatic carbocycles. The highest BCUT2D eigenvalue weighted by molar-refractivity contribution is 7.57. The van der Waals surface area contributed by atoms with Crippen molar-refractivity contribution in [3.05, 3.63) is 102 Å². The molecule has 25 heteroatoms. The van der Waals surface area contributed by atoms with Gasteiger partial charge < -0.3 is 67.6 Å². The number of hydrogen-bond acceptors (Lipinski definition) is 13. The fraction of sp³-hybridized carbons (Fsp3) is 0.455. The van der Waals surface area contributed by atoms with Crippen LogP contribution >= 0.6 is 7.37 Å². The van der Waals surface area contributed by atoms with Crippen molar-refractivity contribution in [2.75, 3.05) is 34.0 Å². The third-order valence-electron chi connectivity index (χ3n) is 13.0. The number of carbonyl (C=O) groups excluding carboxylic acids is 8. The van der Waals surface area contributed by atoms with Crippen molar-refractivity contribution in [3.63, 3.8) is 0 Å². The Hall–Kier alpha value is -8.11. The number of hydrogen-bond donors (Lipinski definition) is 10. The van der Waals surface area contributed by atoms with Gasteiger partial charge in [-0.25, -0.2) is 0 Å². The molecule has 0 saturated heterocycles. The number of amides is 8. The highest BCUT2D eigenvalue weighted by Crippen LogP contribution is 2.38. The number of aromatic amines is 1. The predicted octanol–water partition coefficient (Wildman–Crippen LogP) is 1.96. The molecule has 80 heavy (non-hydrogen) atoms. The number of para-hydroxylation sites is 1. The van der Waals surface area contributed by atoms with Crippen molar-refractivity contribution >= 4 is 77.5 Å². The minimum Gasteiger partial charge on any atom is -0.481 e. The number of unbranched alkanes of at least 4 members (excludes halogenated alkanes) is 2. The number of carboxylic acids is 2. The Labute approximate surface area is 464 Å². The number of likely N-dealkylation sites (N-methyl/N-ethyl adjacent to an activating group) is 2. The number of rotatable bonds is 33. The Bertz CT molecular complexity index is 2860. The third kappa shape index (κ3) is 20.3. The first-order chi connectivity index (χ1) is 37.8. The van der Waals surface area contributed by atoms with Crippen LogP contribution in [0.25, 0.3) is 10.9 Å². The number of nitrogens with zero attached hydrogens (tertiary/aromatic N) is 2. The first-order valence-corrected chi connectivity index (χ1v) is 28.8. The molecule has 434 valence electrons. The largest absolute Gasteiger partial charge is 0.481 e. The van der Waals surface area contributed by atoms with Gasteiger partial charge in [0.2, 0.25) is 54.6 Å². The van der Waals surface area contributed by atoms with Crippen LogP contribution in [0.15, 0.2) is 85.1 Å². The molecule has 1 aromatic heterocycles. The summed E-state index contributed by atoms with van der Waals surface area (Å²) in [6.07, 6.45) is 1.86. The fourth-order valence-corrected chi connectivity index (χ4v) is 9.41. The molecular weight excluding hydrogens is 1060 g/mol. The van der Waals surface area contributed by atoms with Gasteiger partial charge in [0.1, 0.15) is 42.0 Å². The molecule has 0 spiro atoms. The molecule has 4 aromatic rings. The topological polar surface area (TPSA) is 372 Å². The Kier molecular flexibility index (Phi) is 24.9. The molecule has 0 aliphatic rings. The van der Waals surface area contributed by atoms with Crippen LogP contribution < -0.4 is 42.6 Å². The minimum absolute atomic E-state index is 0.0230. The van der Waals surface area contributed by atoms with Crippen LogP contribution in [0, 0.1) is 0 Å². The van der Waals surface area contributed by atoms with E-state index in [-0.39, 0.29) is 32.1 Å². The van der Waals surface area contributed by atoms with Gasteiger partial charge in [-0.15, -0.1) is 0 Å². The molecule has 4 rings (SSSR count). The van der Waals surface area contributed by atoms with Crippen LogP contribution in [0.3, 0.4) is 0 Å². The van der Waals surface area contributed by atoms with Gasteiger partial charge in [-0.1, -0.05) is 100 Å². The molecule has 3 aromatic carbocycles. The highest BCUT2D eigenvalue weighted by atomic mass is 31.2. The zero-order valence-electron chi connectivity index (χ0n) is 45.9. The molecule has 7 atom stereocenters. The number of primary amides is 1. The van der Waals surface area contributed by atoms with Gasteiger partial charge in [-0.3, -0.25) is 52.5 Å². The molecule has 0 aliphatic heterocycles. The molecule has 8 amide bonds. The second-order valence-electron chi connectivity index (χ2n) is 19.9. The summed E-state index contributed by atoms with van der Waals surface area (Å²) in [7, 11) is -0.252. The van der Waals surface area contributed by atoms with Gasteiger partial charge in [0.15, 0.2) is 0 Å². The molecule has 24 nitrogen and oxygen atoms in total. The van der Waals surface area contributed by atoms with E-state index in [1.54, 1.807) is 66.9 Å². The maximum absolute atomic E-state index is 14.8. The molecular formula is C55H75N10O14P. The van der Waals surface area contributed by atoms with Gasteiger partial charge in [-0.05, 0) is 47.7 Å². The van der Waals surface area contributed by atoms with E-state index in [1.807, 2.05) is 19.9 Å². The van der Waals surface area contributed by atoms with E-state index in [0.717, 1.165) is 20.7 Å². The number of nitrogens with two attached hydrogens (primary N) is 2. The summed E-state index contributed by atoms with van der Waals surface area (Å²) in [6.45, 7) is 5.88. The summed E-state index contributed by atoms with van der Waals surface area (Å²) in [5.41, 5.74) is 14.0. The van der Waals surface area contributed by atoms with Crippen LogP contribution in [-0.4, -0.2) is 160 Å². The third-order valence-corrected chi connectivity index (χ3v) is 13.7. The highest BCUT2D eigenvalue weighted by Gasteiger charge is 2.37. The van der Waals surface area contributed by atoms with Gasteiger partial charge in [0.25, 0.3) is 0 Å². The van der Waals surface area contributed by atoms with Crippen LogP contribution in [-0.2, 0) is 71.8 Å². The van der Waals surface area contributed by atoms with Gasteiger partial charge in [-0.2, -0.15) is 0 Å². The normalized spacial score (nSPS) is 13.9. The SMILES string of the molecule is CCCCC(C(=O)NC(CC(=O)O)C(=O)NC(Cc1ccccc1)C(N)=O)N(C)C(=O)C(Cc1c[nH]c2ccccc12)NC(=O)CNC(=O)C(CCCC)N(C)C(=O)C(Cc1ccc(OP(C)(C)=O)cc1)NC(=O)C(N)CC(=O)O. The first kappa shape index (κ1) is 64.4. The zero-order chi connectivity index (χ0) is 59.3. The van der Waals surface area contributed by atoms with E-state index < -0.39 is 128 Å². The summed E-state index contributed by atoms with van der Waals surface area (Å²) in [4.78, 5) is 140. The monoisotopic (exact) mass is 1130 g/mol. The zero-order valence-corrected chi connectivity index (χ0v) is 46.8. The maximum atomic E-state index is 14.8. The Morgan fingerprint density at radius 1 is 0.625 bits per heavy atom. The Balaban J connectivity index is 1.59. The minimum atomic E-state index is -2.92. The summed E-state index contributed by atoms with van der Waals surface area (Å²) in [5.74, 6) is -9.38. The lowest BCUT2D eigenvalue weighted by atomic mass is 10.0. The van der Waals surface area contributed by atoms with E-state index in [4.69, 9.17) is 16.0 Å². The number of fused-ring (bicyclic) bond motifs is 1. The van der Waals surface area contributed by atoms with Gasteiger partial charge in [0.05, 0.1) is 25.4 Å². The lowest BCUT2D eigenvalue weighted by Crippen LogP contribution is -2.59. The fourth-order valence-electron chi connectivity index (χ4n) is 8.78. The van der Waals surface area contributed by atoms with Crippen molar-refractivity contribution in [2.45, 2.75) is 127 Å². The van der Waals surface area contributed by atoms with Gasteiger partial charge >= 0.3 is 11.9 Å². The lowest BCUT2D eigenvalue weighted by molar-refractivity contribution is -0.144. The smallest absolute Gasteiger partial charge is 0.305 e. The average molecular weight is 1130 g/mol.